The molecule has 1 aliphatic carbocycles. The van der Waals surface area contributed by atoms with Crippen molar-refractivity contribution in [3.05, 3.63) is 0 Å². The Morgan fingerprint density at radius 3 is 2.40 bits per heavy atom. The Kier molecular flexibility index (Phi) is 15.0. The molecule has 0 amide bonds. The van der Waals surface area contributed by atoms with Crippen molar-refractivity contribution in [2.45, 2.75) is 78.2 Å². The van der Waals surface area contributed by atoms with E-state index in [0.29, 0.717) is 6.10 Å². The second-order valence-corrected chi connectivity index (χ2v) is 6.93. The maximum Gasteiger partial charge on any atom is 0.191 e. The number of halogens is 1. The Hall–Kier alpha value is -0.0800. The Morgan fingerprint density at radius 2 is 1.84 bits per heavy atom. The highest BCUT2D eigenvalue weighted by atomic mass is 127. The molecule has 0 unspecified atom stereocenters. The first-order chi connectivity index (χ1) is 11.7. The van der Waals surface area contributed by atoms with E-state index in [-0.39, 0.29) is 36.0 Å². The number of aliphatic imine (C=N–C) groups is 1. The molecule has 0 aromatic rings. The standard InChI is InChI=1S/C19H39N3O2.HI/c1-4-19(5-2,12-14-23)16-22-18(20-6-3)21-13-9-15-24-17-10-7-8-11-17;/h17,23H,4-16H2,1-3H3,(H2,20,21,22);1H. The van der Waals surface area contributed by atoms with Crippen molar-refractivity contribution < 1.29 is 9.84 Å². The average molecular weight is 469 g/mol. The highest BCUT2D eigenvalue weighted by Gasteiger charge is 2.25. The lowest BCUT2D eigenvalue weighted by Gasteiger charge is -2.29. The number of aliphatic hydroxyl groups is 1. The minimum Gasteiger partial charge on any atom is -0.396 e. The predicted octanol–water partition coefficient (Wildman–Crippen LogP) is 3.70. The number of nitrogens with one attached hydrogen (secondary N) is 2. The predicted molar refractivity (Wildman–Crippen MR) is 117 cm³/mol. The summed E-state index contributed by atoms with van der Waals surface area (Å²) in [5.41, 5.74) is 0.114. The van der Waals surface area contributed by atoms with Crippen LogP contribution in [0.4, 0.5) is 0 Å². The highest BCUT2D eigenvalue weighted by molar-refractivity contribution is 14.0. The molecule has 0 aromatic heterocycles. The van der Waals surface area contributed by atoms with E-state index >= 15 is 0 Å². The Balaban J connectivity index is 0.00000576. The summed E-state index contributed by atoms with van der Waals surface area (Å²) < 4.78 is 5.90. The molecule has 0 heterocycles. The fourth-order valence-electron chi connectivity index (χ4n) is 3.32. The van der Waals surface area contributed by atoms with Gasteiger partial charge in [0.2, 0.25) is 0 Å². The summed E-state index contributed by atoms with van der Waals surface area (Å²) in [6.45, 7) is 10.0. The summed E-state index contributed by atoms with van der Waals surface area (Å²) in [7, 11) is 0. The number of hydrogen-bond donors (Lipinski definition) is 3. The third kappa shape index (κ3) is 9.99. The molecule has 1 saturated carbocycles. The topological polar surface area (TPSA) is 65.9 Å². The van der Waals surface area contributed by atoms with Crippen LogP contribution in [0.1, 0.15) is 72.1 Å². The molecular formula is C19H40IN3O2. The van der Waals surface area contributed by atoms with Crippen molar-refractivity contribution >= 4 is 29.9 Å². The van der Waals surface area contributed by atoms with E-state index in [1.807, 2.05) is 0 Å². The molecular weight excluding hydrogens is 429 g/mol. The van der Waals surface area contributed by atoms with Crippen LogP contribution < -0.4 is 10.6 Å². The smallest absolute Gasteiger partial charge is 0.191 e. The van der Waals surface area contributed by atoms with Gasteiger partial charge in [0.15, 0.2) is 5.96 Å². The molecule has 25 heavy (non-hydrogen) atoms. The zero-order chi connectivity index (χ0) is 17.7. The van der Waals surface area contributed by atoms with Gasteiger partial charge in [-0.05, 0) is 50.9 Å². The van der Waals surface area contributed by atoms with Gasteiger partial charge in [-0.25, -0.2) is 0 Å². The molecule has 0 aliphatic heterocycles. The molecule has 1 rings (SSSR count). The van der Waals surface area contributed by atoms with Crippen LogP contribution in [0.2, 0.25) is 0 Å². The number of aliphatic hydroxyl groups excluding tert-OH is 1. The SMILES string of the molecule is CCNC(=NCC(CC)(CC)CCO)NCCCOC1CCCC1.I. The molecule has 3 N–H and O–H groups in total. The number of nitrogens with zero attached hydrogens (tertiary/aromatic N) is 1. The summed E-state index contributed by atoms with van der Waals surface area (Å²) in [5, 5.41) is 16.0. The molecule has 1 fully saturated rings. The van der Waals surface area contributed by atoms with Gasteiger partial charge in [-0.2, -0.15) is 0 Å². The van der Waals surface area contributed by atoms with Gasteiger partial charge in [-0.3, -0.25) is 4.99 Å². The quantitative estimate of drug-likeness (QED) is 0.177. The lowest BCUT2D eigenvalue weighted by atomic mass is 9.79. The first-order valence-corrected chi connectivity index (χ1v) is 9.94. The Bertz CT molecular complexity index is 344. The van der Waals surface area contributed by atoms with Crippen LogP contribution in [-0.2, 0) is 4.74 Å². The number of ether oxygens (including phenoxy) is 1. The number of rotatable bonds is 12. The van der Waals surface area contributed by atoms with Crippen LogP contribution >= 0.6 is 24.0 Å². The van der Waals surface area contributed by atoms with Gasteiger partial charge < -0.3 is 20.5 Å². The third-order valence-corrected chi connectivity index (χ3v) is 5.33. The molecule has 0 spiro atoms. The lowest BCUT2D eigenvalue weighted by Crippen LogP contribution is -2.39. The van der Waals surface area contributed by atoms with E-state index in [1.54, 1.807) is 0 Å². The molecule has 0 aromatic carbocycles. The molecule has 150 valence electrons. The normalized spacial score (nSPS) is 15.9. The maximum atomic E-state index is 9.33. The van der Waals surface area contributed by atoms with Crippen molar-refractivity contribution in [3.8, 4) is 0 Å². The van der Waals surface area contributed by atoms with Crippen molar-refractivity contribution in [1.29, 1.82) is 0 Å². The van der Waals surface area contributed by atoms with E-state index < -0.39 is 0 Å². The Morgan fingerprint density at radius 1 is 1.16 bits per heavy atom. The van der Waals surface area contributed by atoms with E-state index in [0.717, 1.165) is 57.9 Å². The third-order valence-electron chi connectivity index (χ3n) is 5.33. The molecule has 1 aliphatic rings. The van der Waals surface area contributed by atoms with Gasteiger partial charge >= 0.3 is 0 Å². The van der Waals surface area contributed by atoms with Crippen molar-refractivity contribution in [2.24, 2.45) is 10.4 Å². The minimum absolute atomic E-state index is 0. The average Bonchev–Trinajstić information content (AvgIpc) is 3.11. The van der Waals surface area contributed by atoms with Gasteiger partial charge in [0.25, 0.3) is 0 Å². The van der Waals surface area contributed by atoms with Gasteiger partial charge in [-0.15, -0.1) is 24.0 Å². The number of guanidine groups is 1. The van der Waals surface area contributed by atoms with Gasteiger partial charge in [-0.1, -0.05) is 26.7 Å². The van der Waals surface area contributed by atoms with E-state index in [9.17, 15) is 5.11 Å². The zero-order valence-electron chi connectivity index (χ0n) is 16.5. The van der Waals surface area contributed by atoms with Crippen LogP contribution in [-0.4, -0.2) is 50.0 Å². The van der Waals surface area contributed by atoms with Crippen LogP contribution in [0, 0.1) is 5.41 Å². The largest absolute Gasteiger partial charge is 0.396 e. The van der Waals surface area contributed by atoms with E-state index in [1.165, 1.54) is 25.7 Å². The number of hydrogen-bond acceptors (Lipinski definition) is 3. The van der Waals surface area contributed by atoms with Gasteiger partial charge in [0, 0.05) is 32.8 Å². The van der Waals surface area contributed by atoms with Crippen LogP contribution in [0.5, 0.6) is 0 Å². The molecule has 0 saturated heterocycles. The van der Waals surface area contributed by atoms with Gasteiger partial charge in [0.1, 0.15) is 0 Å². The fraction of sp³-hybridized carbons (Fsp3) is 0.947. The van der Waals surface area contributed by atoms with Crippen molar-refractivity contribution in [2.75, 3.05) is 32.8 Å². The molecule has 0 bridgehead atoms. The van der Waals surface area contributed by atoms with Crippen LogP contribution in [0.25, 0.3) is 0 Å². The van der Waals surface area contributed by atoms with Crippen LogP contribution in [0.15, 0.2) is 4.99 Å². The summed E-state index contributed by atoms with van der Waals surface area (Å²) >= 11 is 0. The summed E-state index contributed by atoms with van der Waals surface area (Å²) in [6, 6.07) is 0. The first kappa shape index (κ1) is 24.9. The minimum atomic E-state index is 0. The molecule has 0 radical (unpaired) electrons. The molecule has 5 nitrogen and oxygen atoms in total. The second-order valence-electron chi connectivity index (χ2n) is 6.93. The summed E-state index contributed by atoms with van der Waals surface area (Å²) in [5.74, 6) is 0.877. The zero-order valence-corrected chi connectivity index (χ0v) is 18.8. The maximum absolute atomic E-state index is 9.33. The fourth-order valence-corrected chi connectivity index (χ4v) is 3.32. The molecule has 0 atom stereocenters. The van der Waals surface area contributed by atoms with Crippen LogP contribution in [0.3, 0.4) is 0 Å². The highest BCUT2D eigenvalue weighted by Crippen LogP contribution is 2.30. The van der Waals surface area contributed by atoms with Crippen molar-refractivity contribution in [3.63, 3.8) is 0 Å². The lowest BCUT2D eigenvalue weighted by molar-refractivity contribution is 0.0574. The van der Waals surface area contributed by atoms with Gasteiger partial charge in [0.05, 0.1) is 6.10 Å². The van der Waals surface area contributed by atoms with E-state index in [2.05, 4.69) is 31.4 Å². The Labute approximate surface area is 171 Å². The first-order valence-electron chi connectivity index (χ1n) is 9.94. The summed E-state index contributed by atoms with van der Waals surface area (Å²) in [4.78, 5) is 4.76. The van der Waals surface area contributed by atoms with Crippen molar-refractivity contribution in [1.82, 2.24) is 10.6 Å². The summed E-state index contributed by atoms with van der Waals surface area (Å²) in [6.07, 6.45) is 9.53. The molecule has 6 heteroatoms. The monoisotopic (exact) mass is 469 g/mol. The second kappa shape index (κ2) is 15.0. The van der Waals surface area contributed by atoms with E-state index in [4.69, 9.17) is 9.73 Å².